The fourth-order valence-electron chi connectivity index (χ4n) is 3.34. The van der Waals surface area contributed by atoms with Gasteiger partial charge >= 0.3 is 0 Å². The number of rotatable bonds is 5. The van der Waals surface area contributed by atoms with E-state index in [1.807, 2.05) is 30.3 Å². The molecule has 0 aliphatic carbocycles. The van der Waals surface area contributed by atoms with Crippen LogP contribution in [0.15, 0.2) is 78.6 Å². The molecule has 0 saturated heterocycles. The Balaban J connectivity index is 1.46. The predicted octanol–water partition coefficient (Wildman–Crippen LogP) is 5.86. The number of ketones is 2. The molecule has 0 amide bonds. The lowest BCUT2D eigenvalue weighted by Crippen LogP contribution is -2.11. The van der Waals surface area contributed by atoms with Gasteiger partial charge < -0.3 is 9.47 Å². The minimum atomic E-state index is -0.165. The molecule has 0 spiro atoms. The van der Waals surface area contributed by atoms with Crippen LogP contribution in [0, 0.1) is 0 Å². The van der Waals surface area contributed by atoms with E-state index >= 15 is 0 Å². The molecular formula is C27H24O4. The molecular weight excluding hydrogens is 388 g/mol. The van der Waals surface area contributed by atoms with E-state index in [1.54, 1.807) is 36.4 Å². The maximum absolute atomic E-state index is 12.7. The number of allylic oxidation sites excluding steroid dienone is 1. The molecule has 31 heavy (non-hydrogen) atoms. The molecule has 0 aromatic heterocycles. The van der Waals surface area contributed by atoms with E-state index < -0.39 is 0 Å². The van der Waals surface area contributed by atoms with Crippen LogP contribution in [0.1, 0.15) is 52.6 Å². The van der Waals surface area contributed by atoms with Gasteiger partial charge in [-0.3, -0.25) is 9.59 Å². The van der Waals surface area contributed by atoms with Gasteiger partial charge in [0.25, 0.3) is 0 Å². The molecule has 156 valence electrons. The molecule has 0 N–H and O–H groups in total. The van der Waals surface area contributed by atoms with Crippen molar-refractivity contribution in [3.05, 3.63) is 101 Å². The fourth-order valence-corrected chi connectivity index (χ4v) is 3.34. The largest absolute Gasteiger partial charge is 0.485 e. The van der Waals surface area contributed by atoms with E-state index in [9.17, 15) is 9.59 Å². The van der Waals surface area contributed by atoms with Crippen LogP contribution in [-0.4, -0.2) is 18.2 Å². The summed E-state index contributed by atoms with van der Waals surface area (Å²) in [5, 5.41) is 0. The average molecular weight is 412 g/mol. The maximum atomic E-state index is 12.7. The molecule has 3 aromatic rings. The summed E-state index contributed by atoms with van der Waals surface area (Å²) >= 11 is 0. The molecule has 0 fully saturated rings. The Bertz CT molecular complexity index is 1150. The monoisotopic (exact) mass is 412 g/mol. The van der Waals surface area contributed by atoms with Crippen molar-refractivity contribution >= 4 is 17.6 Å². The van der Waals surface area contributed by atoms with Crippen molar-refractivity contribution in [1.82, 2.24) is 0 Å². The number of hydrogen-bond donors (Lipinski definition) is 0. The Morgan fingerprint density at radius 1 is 0.968 bits per heavy atom. The smallest absolute Gasteiger partial charge is 0.231 e. The van der Waals surface area contributed by atoms with Crippen molar-refractivity contribution in [2.24, 2.45) is 0 Å². The van der Waals surface area contributed by atoms with Gasteiger partial charge in [-0.05, 0) is 34.8 Å². The van der Waals surface area contributed by atoms with Gasteiger partial charge in [0, 0.05) is 11.6 Å². The molecule has 3 aromatic carbocycles. The van der Waals surface area contributed by atoms with Crippen molar-refractivity contribution in [2.75, 3.05) is 6.61 Å². The maximum Gasteiger partial charge on any atom is 0.231 e. The highest BCUT2D eigenvalue weighted by Gasteiger charge is 2.28. The highest BCUT2D eigenvalue weighted by atomic mass is 16.5. The quantitative estimate of drug-likeness (QED) is 0.389. The lowest BCUT2D eigenvalue weighted by atomic mass is 9.86. The molecule has 0 unspecified atom stereocenters. The first kappa shape index (κ1) is 20.6. The number of hydrogen-bond acceptors (Lipinski definition) is 4. The zero-order valence-electron chi connectivity index (χ0n) is 17.8. The van der Waals surface area contributed by atoms with Gasteiger partial charge in [-0.25, -0.2) is 0 Å². The SMILES string of the molecule is CC(C)(C)c1ccc(C=C2Oc3cc(OCC(=O)c4ccccc4)ccc3C2=O)cc1. The van der Waals surface area contributed by atoms with Crippen molar-refractivity contribution in [3.63, 3.8) is 0 Å². The normalized spacial score (nSPS) is 14.3. The summed E-state index contributed by atoms with van der Waals surface area (Å²) in [5.41, 5.74) is 3.27. The van der Waals surface area contributed by atoms with Gasteiger partial charge in [-0.1, -0.05) is 75.4 Å². The Hall–Kier alpha value is -3.66. The first-order chi connectivity index (χ1) is 14.8. The van der Waals surface area contributed by atoms with E-state index in [2.05, 4.69) is 32.9 Å². The summed E-state index contributed by atoms with van der Waals surface area (Å²) in [5.74, 6) is 0.911. The first-order valence-electron chi connectivity index (χ1n) is 10.2. The number of carbonyl (C=O) groups excluding carboxylic acids is 2. The second-order valence-electron chi connectivity index (χ2n) is 8.55. The van der Waals surface area contributed by atoms with Crippen LogP contribution in [-0.2, 0) is 5.41 Å². The van der Waals surface area contributed by atoms with Crippen LogP contribution in [0.25, 0.3) is 6.08 Å². The molecule has 0 bridgehead atoms. The van der Waals surface area contributed by atoms with E-state index in [0.717, 1.165) is 5.56 Å². The zero-order valence-corrected chi connectivity index (χ0v) is 17.8. The van der Waals surface area contributed by atoms with E-state index in [4.69, 9.17) is 9.47 Å². The van der Waals surface area contributed by atoms with Crippen molar-refractivity contribution < 1.29 is 19.1 Å². The van der Waals surface area contributed by atoms with Gasteiger partial charge in [-0.15, -0.1) is 0 Å². The summed E-state index contributed by atoms with van der Waals surface area (Å²) in [7, 11) is 0. The molecule has 0 radical (unpaired) electrons. The minimum Gasteiger partial charge on any atom is -0.485 e. The Morgan fingerprint density at radius 3 is 2.35 bits per heavy atom. The van der Waals surface area contributed by atoms with Crippen molar-refractivity contribution in [1.29, 1.82) is 0 Å². The average Bonchev–Trinajstić information content (AvgIpc) is 3.07. The van der Waals surface area contributed by atoms with Gasteiger partial charge in [0.05, 0.1) is 5.56 Å². The van der Waals surface area contributed by atoms with E-state index in [0.29, 0.717) is 22.6 Å². The molecule has 0 saturated carbocycles. The zero-order chi connectivity index (χ0) is 22.0. The molecule has 1 heterocycles. The topological polar surface area (TPSA) is 52.6 Å². The second kappa shape index (κ2) is 8.23. The van der Waals surface area contributed by atoms with Crippen LogP contribution in [0.4, 0.5) is 0 Å². The van der Waals surface area contributed by atoms with Gasteiger partial charge in [-0.2, -0.15) is 0 Å². The van der Waals surface area contributed by atoms with Gasteiger partial charge in [0.1, 0.15) is 11.5 Å². The fraction of sp³-hybridized carbons (Fsp3) is 0.185. The molecule has 4 rings (SSSR count). The molecule has 0 atom stereocenters. The first-order valence-corrected chi connectivity index (χ1v) is 10.2. The van der Waals surface area contributed by atoms with Crippen LogP contribution >= 0.6 is 0 Å². The van der Waals surface area contributed by atoms with Gasteiger partial charge in [0.2, 0.25) is 5.78 Å². The number of ether oxygens (including phenoxy) is 2. The number of Topliss-reactive ketones (excluding diaryl/α,β-unsaturated/α-hetero) is 2. The summed E-state index contributed by atoms with van der Waals surface area (Å²) in [6, 6.07) is 22.1. The van der Waals surface area contributed by atoms with Crippen molar-refractivity contribution in [3.8, 4) is 11.5 Å². The molecule has 1 aliphatic heterocycles. The predicted molar refractivity (Wildman–Crippen MR) is 121 cm³/mol. The van der Waals surface area contributed by atoms with Crippen LogP contribution in [0.3, 0.4) is 0 Å². The standard InChI is InChI=1S/C27H24O4/c1-27(2,3)20-11-9-18(10-12-20)15-25-26(29)22-14-13-21(16-24(22)31-25)30-17-23(28)19-7-5-4-6-8-19/h4-16H,17H2,1-3H3. The lowest BCUT2D eigenvalue weighted by Gasteiger charge is -2.18. The van der Waals surface area contributed by atoms with E-state index in [1.165, 1.54) is 5.56 Å². The Labute approximate surface area is 182 Å². The highest BCUT2D eigenvalue weighted by molar-refractivity contribution is 6.14. The third-order valence-corrected chi connectivity index (χ3v) is 5.18. The molecule has 4 nitrogen and oxygen atoms in total. The molecule has 1 aliphatic rings. The Kier molecular flexibility index (Phi) is 5.47. The summed E-state index contributed by atoms with van der Waals surface area (Å²) in [4.78, 5) is 24.9. The molecule has 4 heteroatoms. The highest BCUT2D eigenvalue weighted by Crippen LogP contribution is 2.35. The van der Waals surface area contributed by atoms with Gasteiger partial charge in [0.15, 0.2) is 18.1 Å². The summed E-state index contributed by atoms with van der Waals surface area (Å²) < 4.78 is 11.4. The van der Waals surface area contributed by atoms with Crippen LogP contribution < -0.4 is 9.47 Å². The van der Waals surface area contributed by atoms with E-state index in [-0.39, 0.29) is 29.3 Å². The number of benzene rings is 3. The third kappa shape index (κ3) is 4.58. The van der Waals surface area contributed by atoms with Crippen LogP contribution in [0.5, 0.6) is 11.5 Å². The van der Waals surface area contributed by atoms with Crippen molar-refractivity contribution in [2.45, 2.75) is 26.2 Å². The minimum absolute atomic E-state index is 0.0693. The second-order valence-corrected chi connectivity index (χ2v) is 8.55. The summed E-state index contributed by atoms with van der Waals surface area (Å²) in [6.07, 6.45) is 1.74. The van der Waals surface area contributed by atoms with Crippen LogP contribution in [0.2, 0.25) is 0 Å². The summed E-state index contributed by atoms with van der Waals surface area (Å²) in [6.45, 7) is 6.40. The Morgan fingerprint density at radius 2 is 1.68 bits per heavy atom. The number of carbonyl (C=O) groups is 2. The third-order valence-electron chi connectivity index (χ3n) is 5.18. The lowest BCUT2D eigenvalue weighted by molar-refractivity contribution is 0.0921. The number of fused-ring (bicyclic) bond motifs is 1.